The summed E-state index contributed by atoms with van der Waals surface area (Å²) in [7, 11) is 0. The smallest absolute Gasteiger partial charge is 0.322 e. The Morgan fingerprint density at radius 1 is 1.40 bits per heavy atom. The summed E-state index contributed by atoms with van der Waals surface area (Å²) in [4.78, 5) is 29.9. The monoisotopic (exact) mass is 295 g/mol. The molecule has 9 nitrogen and oxygen atoms in total. The van der Waals surface area contributed by atoms with Gasteiger partial charge in [0.25, 0.3) is 5.56 Å². The van der Waals surface area contributed by atoms with Crippen LogP contribution >= 0.6 is 11.8 Å². The lowest BCUT2D eigenvalue weighted by Crippen LogP contribution is -2.15. The number of nitrogens with one attached hydrogen (secondary N) is 2. The Labute approximate surface area is 118 Å². The van der Waals surface area contributed by atoms with Gasteiger partial charge in [0.1, 0.15) is 0 Å². The first kappa shape index (κ1) is 14.2. The van der Waals surface area contributed by atoms with E-state index in [-0.39, 0.29) is 23.6 Å². The molecular weight excluding hydrogens is 282 g/mol. The van der Waals surface area contributed by atoms with Crippen LogP contribution in [0.2, 0.25) is 0 Å². The fourth-order valence-electron chi connectivity index (χ4n) is 1.20. The van der Waals surface area contributed by atoms with Gasteiger partial charge in [-0.3, -0.25) is 10.2 Å². The number of hydrazine groups is 1. The average molecular weight is 295 g/mol. The third-order valence-corrected chi connectivity index (χ3v) is 2.67. The fourth-order valence-corrected chi connectivity index (χ4v) is 1.90. The largest absolute Gasteiger partial charge is 0.461 e. The summed E-state index contributed by atoms with van der Waals surface area (Å²) in [6, 6.07) is 1.46. The number of nitrogens with two attached hydrogens (primary N) is 1. The van der Waals surface area contributed by atoms with Gasteiger partial charge in [-0.25, -0.2) is 10.8 Å². The van der Waals surface area contributed by atoms with Crippen LogP contribution in [0.5, 0.6) is 6.01 Å². The maximum absolute atomic E-state index is 11.2. The number of H-pyrrole nitrogens is 1. The highest BCUT2D eigenvalue weighted by Gasteiger charge is 2.10. The molecule has 0 unspecified atom stereocenters. The number of hydrogen-bond acceptors (Lipinski definition) is 9. The van der Waals surface area contributed by atoms with Crippen LogP contribution in [0.15, 0.2) is 27.4 Å². The predicted molar refractivity (Wildman–Crippen MR) is 72.4 cm³/mol. The highest BCUT2D eigenvalue weighted by molar-refractivity contribution is 7.99. The van der Waals surface area contributed by atoms with Crippen molar-refractivity contribution in [3.05, 3.63) is 22.6 Å². The van der Waals surface area contributed by atoms with E-state index in [4.69, 9.17) is 10.6 Å². The van der Waals surface area contributed by atoms with Crippen molar-refractivity contribution in [2.24, 2.45) is 5.84 Å². The van der Waals surface area contributed by atoms with Crippen LogP contribution in [0.1, 0.15) is 13.8 Å². The quantitative estimate of drug-likeness (QED) is 0.401. The van der Waals surface area contributed by atoms with Crippen molar-refractivity contribution in [1.29, 1.82) is 0 Å². The van der Waals surface area contributed by atoms with E-state index in [0.29, 0.717) is 10.3 Å². The Bertz CT molecular complexity index is 645. The van der Waals surface area contributed by atoms with E-state index in [0.717, 1.165) is 11.8 Å². The molecule has 2 aromatic heterocycles. The van der Waals surface area contributed by atoms with Crippen molar-refractivity contribution in [3.8, 4) is 6.01 Å². The third-order valence-electron chi connectivity index (χ3n) is 1.90. The summed E-state index contributed by atoms with van der Waals surface area (Å²) in [6.07, 6.45) is 1.31. The van der Waals surface area contributed by atoms with Crippen molar-refractivity contribution in [2.75, 3.05) is 5.43 Å². The first-order valence-electron chi connectivity index (χ1n) is 5.69. The standard InChI is InChI=1S/C10H13N7O2S/c1-5(2)19-8-14-7(17-11)15-10(16-8)20-9-12-4-3-6(18)13-9/h3-5H,11H2,1-2H3,(H,12,13,18)(H,14,15,16,17). The lowest BCUT2D eigenvalue weighted by molar-refractivity contribution is 0.219. The van der Waals surface area contributed by atoms with Gasteiger partial charge in [-0.1, -0.05) is 0 Å². The highest BCUT2D eigenvalue weighted by atomic mass is 32.2. The first-order chi connectivity index (χ1) is 9.56. The summed E-state index contributed by atoms with van der Waals surface area (Å²) >= 11 is 1.07. The van der Waals surface area contributed by atoms with Crippen molar-refractivity contribution < 1.29 is 4.74 Å². The Hall–Kier alpha value is -2.20. The zero-order valence-electron chi connectivity index (χ0n) is 10.8. The van der Waals surface area contributed by atoms with Crippen molar-refractivity contribution in [2.45, 2.75) is 30.3 Å². The molecule has 0 aromatic carbocycles. The lowest BCUT2D eigenvalue weighted by atomic mass is 10.5. The zero-order chi connectivity index (χ0) is 14.5. The SMILES string of the molecule is CC(C)Oc1nc(NN)nc(Sc2nccc(=O)[nH]2)n1. The molecule has 0 radical (unpaired) electrons. The van der Waals surface area contributed by atoms with E-state index < -0.39 is 0 Å². The summed E-state index contributed by atoms with van der Waals surface area (Å²) in [5.41, 5.74) is 2.07. The molecular formula is C10H13N7O2S. The topological polar surface area (TPSA) is 132 Å². The third kappa shape index (κ3) is 3.90. The fraction of sp³-hybridized carbons (Fsp3) is 0.300. The number of ether oxygens (including phenoxy) is 1. The molecule has 0 spiro atoms. The number of aromatic nitrogens is 5. The Morgan fingerprint density at radius 3 is 2.85 bits per heavy atom. The summed E-state index contributed by atoms with van der Waals surface area (Å²) < 4.78 is 5.40. The highest BCUT2D eigenvalue weighted by Crippen LogP contribution is 2.22. The molecule has 0 saturated carbocycles. The van der Waals surface area contributed by atoms with Crippen LogP contribution in [0.3, 0.4) is 0 Å². The van der Waals surface area contributed by atoms with Crippen molar-refractivity contribution >= 4 is 17.7 Å². The van der Waals surface area contributed by atoms with Gasteiger partial charge in [0.2, 0.25) is 11.1 Å². The summed E-state index contributed by atoms with van der Waals surface area (Å²) in [5.74, 6) is 5.46. The Balaban J connectivity index is 2.28. The molecule has 0 aliphatic heterocycles. The first-order valence-corrected chi connectivity index (χ1v) is 6.51. The minimum Gasteiger partial charge on any atom is -0.461 e. The number of anilines is 1. The molecule has 0 bridgehead atoms. The van der Waals surface area contributed by atoms with Gasteiger partial charge in [0, 0.05) is 12.3 Å². The molecule has 0 amide bonds. The normalized spacial score (nSPS) is 10.6. The second-order valence-electron chi connectivity index (χ2n) is 3.88. The van der Waals surface area contributed by atoms with Crippen LogP contribution in [-0.2, 0) is 0 Å². The maximum Gasteiger partial charge on any atom is 0.322 e. The molecule has 2 aromatic rings. The minimum absolute atomic E-state index is 0.0875. The van der Waals surface area contributed by atoms with E-state index in [9.17, 15) is 4.79 Å². The number of rotatable bonds is 5. The average Bonchev–Trinajstić information content (AvgIpc) is 2.37. The molecule has 20 heavy (non-hydrogen) atoms. The van der Waals surface area contributed by atoms with E-state index >= 15 is 0 Å². The van der Waals surface area contributed by atoms with Crippen LogP contribution in [0.25, 0.3) is 0 Å². The van der Waals surface area contributed by atoms with Crippen LogP contribution < -0.4 is 21.6 Å². The van der Waals surface area contributed by atoms with E-state index in [1.807, 2.05) is 13.8 Å². The van der Waals surface area contributed by atoms with E-state index in [1.54, 1.807) is 0 Å². The zero-order valence-corrected chi connectivity index (χ0v) is 11.6. The lowest BCUT2D eigenvalue weighted by Gasteiger charge is -2.09. The number of nitrogen functional groups attached to an aromatic ring is 1. The molecule has 4 N–H and O–H groups in total. The molecule has 0 fully saturated rings. The molecule has 2 rings (SSSR count). The molecule has 106 valence electrons. The van der Waals surface area contributed by atoms with Gasteiger partial charge < -0.3 is 9.72 Å². The van der Waals surface area contributed by atoms with Crippen LogP contribution in [0.4, 0.5) is 5.95 Å². The van der Waals surface area contributed by atoms with E-state index in [1.165, 1.54) is 12.3 Å². The van der Waals surface area contributed by atoms with Gasteiger partial charge >= 0.3 is 6.01 Å². The maximum atomic E-state index is 11.2. The summed E-state index contributed by atoms with van der Waals surface area (Å²) in [6.45, 7) is 3.70. The summed E-state index contributed by atoms with van der Waals surface area (Å²) in [5, 5.41) is 0.667. The molecule has 10 heteroatoms. The van der Waals surface area contributed by atoms with Gasteiger partial charge in [0.15, 0.2) is 5.16 Å². The minimum atomic E-state index is -0.257. The number of nitrogens with zero attached hydrogens (tertiary/aromatic N) is 4. The van der Waals surface area contributed by atoms with Crippen LogP contribution in [-0.4, -0.2) is 31.0 Å². The van der Waals surface area contributed by atoms with Crippen LogP contribution in [0, 0.1) is 0 Å². The van der Waals surface area contributed by atoms with Gasteiger partial charge in [-0.2, -0.15) is 15.0 Å². The second kappa shape index (κ2) is 6.30. The molecule has 0 saturated heterocycles. The molecule has 0 aliphatic rings. The molecule has 2 heterocycles. The van der Waals surface area contributed by atoms with Gasteiger partial charge in [0.05, 0.1) is 6.10 Å². The van der Waals surface area contributed by atoms with Gasteiger partial charge in [-0.05, 0) is 25.6 Å². The van der Waals surface area contributed by atoms with Gasteiger partial charge in [-0.15, -0.1) is 0 Å². The van der Waals surface area contributed by atoms with Crippen molar-refractivity contribution in [3.63, 3.8) is 0 Å². The number of hydrogen-bond donors (Lipinski definition) is 3. The Morgan fingerprint density at radius 2 is 2.20 bits per heavy atom. The molecule has 0 aliphatic carbocycles. The van der Waals surface area contributed by atoms with E-state index in [2.05, 4.69) is 30.3 Å². The second-order valence-corrected chi connectivity index (χ2v) is 4.83. The van der Waals surface area contributed by atoms with Crippen molar-refractivity contribution in [1.82, 2.24) is 24.9 Å². The molecule has 0 atom stereocenters. The number of aromatic amines is 1. The predicted octanol–water partition coefficient (Wildman–Crippen LogP) is 0.179. The Kier molecular flexibility index (Phi) is 4.48.